The van der Waals surface area contributed by atoms with Crippen molar-refractivity contribution in [3.63, 3.8) is 0 Å². The van der Waals surface area contributed by atoms with E-state index in [0.717, 1.165) is 0 Å². The molecule has 1 aliphatic rings. The van der Waals surface area contributed by atoms with Crippen molar-refractivity contribution >= 4 is 23.4 Å². The van der Waals surface area contributed by atoms with Crippen LogP contribution in [-0.2, 0) is 4.79 Å². The Kier molecular flexibility index (Phi) is 3.44. The van der Waals surface area contributed by atoms with Gasteiger partial charge in [0.2, 0.25) is 5.91 Å². The molecule has 4 N–H and O–H groups in total. The van der Waals surface area contributed by atoms with Crippen molar-refractivity contribution in [3.05, 3.63) is 65.2 Å². The summed E-state index contributed by atoms with van der Waals surface area (Å²) in [5.41, 5.74) is 7.56. The highest BCUT2D eigenvalue weighted by Crippen LogP contribution is 2.21. The molecule has 2 aromatic carbocycles. The van der Waals surface area contributed by atoms with Crippen molar-refractivity contribution in [1.82, 2.24) is 5.32 Å². The lowest BCUT2D eigenvalue weighted by molar-refractivity contribution is -0.117. The molecule has 3 rings (SSSR count). The second-order valence-electron chi connectivity index (χ2n) is 4.92. The first kappa shape index (κ1) is 14.0. The number of carbonyl (C=O) groups is 3. The Morgan fingerprint density at radius 1 is 1.00 bits per heavy atom. The zero-order valence-electron chi connectivity index (χ0n) is 11.5. The highest BCUT2D eigenvalue weighted by atomic mass is 16.2. The second kappa shape index (κ2) is 5.42. The van der Waals surface area contributed by atoms with E-state index in [-0.39, 0.29) is 5.56 Å². The second-order valence-corrected chi connectivity index (χ2v) is 4.92. The molecule has 0 spiro atoms. The van der Waals surface area contributed by atoms with Crippen LogP contribution in [-0.4, -0.2) is 17.7 Å². The van der Waals surface area contributed by atoms with Crippen molar-refractivity contribution < 1.29 is 14.4 Å². The van der Waals surface area contributed by atoms with Gasteiger partial charge in [-0.1, -0.05) is 30.3 Å². The monoisotopic (exact) mass is 295 g/mol. The maximum atomic E-state index is 12.2. The summed E-state index contributed by atoms with van der Waals surface area (Å²) in [7, 11) is 0. The number of hydrogen-bond acceptors (Lipinski definition) is 4. The Labute approximate surface area is 126 Å². The van der Waals surface area contributed by atoms with Crippen molar-refractivity contribution in [1.29, 1.82) is 0 Å². The maximum absolute atomic E-state index is 12.2. The first-order valence-corrected chi connectivity index (χ1v) is 6.67. The third-order valence-corrected chi connectivity index (χ3v) is 3.44. The molecule has 1 unspecified atom stereocenters. The largest absolute Gasteiger partial charge is 0.324 e. The minimum atomic E-state index is -0.815. The molecule has 0 radical (unpaired) electrons. The van der Waals surface area contributed by atoms with Gasteiger partial charge in [-0.25, -0.2) is 0 Å². The number of anilines is 1. The number of imide groups is 1. The summed E-state index contributed by atoms with van der Waals surface area (Å²) in [6.45, 7) is 0. The van der Waals surface area contributed by atoms with Crippen LogP contribution in [0.3, 0.4) is 0 Å². The van der Waals surface area contributed by atoms with Crippen LogP contribution in [0.4, 0.5) is 5.69 Å². The van der Waals surface area contributed by atoms with E-state index in [0.29, 0.717) is 16.8 Å². The summed E-state index contributed by atoms with van der Waals surface area (Å²) in [6, 6.07) is 12.7. The molecule has 1 atom stereocenters. The van der Waals surface area contributed by atoms with Gasteiger partial charge < -0.3 is 11.1 Å². The number of fused-ring (bicyclic) bond motifs is 1. The SMILES string of the molecule is NC(C(=O)Nc1ccc2c(c1)C(=O)NC2=O)c1ccccc1. The van der Waals surface area contributed by atoms with Gasteiger partial charge in [-0.2, -0.15) is 0 Å². The van der Waals surface area contributed by atoms with Crippen molar-refractivity contribution in [2.24, 2.45) is 5.73 Å². The summed E-state index contributed by atoms with van der Waals surface area (Å²) in [5, 5.41) is 4.85. The topological polar surface area (TPSA) is 101 Å². The number of benzene rings is 2. The first-order chi connectivity index (χ1) is 10.6. The lowest BCUT2D eigenvalue weighted by Crippen LogP contribution is -2.27. The molecular formula is C16H13N3O3. The molecule has 110 valence electrons. The van der Waals surface area contributed by atoms with Gasteiger partial charge in [-0.15, -0.1) is 0 Å². The van der Waals surface area contributed by atoms with Crippen LogP contribution in [0.25, 0.3) is 0 Å². The van der Waals surface area contributed by atoms with Gasteiger partial charge in [0, 0.05) is 5.69 Å². The van der Waals surface area contributed by atoms with E-state index in [9.17, 15) is 14.4 Å². The Bertz CT molecular complexity index is 771. The van der Waals surface area contributed by atoms with Crippen molar-refractivity contribution in [3.8, 4) is 0 Å². The predicted molar refractivity (Wildman–Crippen MR) is 80.2 cm³/mol. The smallest absolute Gasteiger partial charge is 0.259 e. The maximum Gasteiger partial charge on any atom is 0.259 e. The highest BCUT2D eigenvalue weighted by molar-refractivity contribution is 6.22. The molecule has 22 heavy (non-hydrogen) atoms. The van der Waals surface area contributed by atoms with E-state index in [2.05, 4.69) is 10.6 Å². The van der Waals surface area contributed by atoms with Gasteiger partial charge in [-0.3, -0.25) is 19.7 Å². The van der Waals surface area contributed by atoms with E-state index in [4.69, 9.17) is 5.73 Å². The van der Waals surface area contributed by atoms with E-state index in [1.165, 1.54) is 12.1 Å². The molecule has 0 bridgehead atoms. The van der Waals surface area contributed by atoms with Crippen molar-refractivity contribution in [2.45, 2.75) is 6.04 Å². The standard InChI is InChI=1S/C16H13N3O3/c17-13(9-4-2-1-3-5-9)16(22)18-10-6-7-11-12(8-10)15(21)19-14(11)20/h1-8,13H,17H2,(H,18,22)(H,19,20,21). The zero-order chi connectivity index (χ0) is 15.7. The summed E-state index contributed by atoms with van der Waals surface area (Å²) in [5.74, 6) is -1.29. The van der Waals surface area contributed by atoms with Crippen LogP contribution in [0, 0.1) is 0 Å². The molecule has 3 amide bonds. The van der Waals surface area contributed by atoms with E-state index in [1.54, 1.807) is 30.3 Å². The van der Waals surface area contributed by atoms with Gasteiger partial charge >= 0.3 is 0 Å². The summed E-state index contributed by atoms with van der Waals surface area (Å²) < 4.78 is 0. The number of rotatable bonds is 3. The van der Waals surface area contributed by atoms with Gasteiger partial charge in [0.25, 0.3) is 11.8 Å². The molecule has 6 nitrogen and oxygen atoms in total. The molecule has 0 aliphatic carbocycles. The number of carbonyl (C=O) groups excluding carboxylic acids is 3. The van der Waals surface area contributed by atoms with E-state index < -0.39 is 23.8 Å². The van der Waals surface area contributed by atoms with Gasteiger partial charge in [0.05, 0.1) is 11.1 Å². The highest BCUT2D eigenvalue weighted by Gasteiger charge is 2.27. The van der Waals surface area contributed by atoms with Gasteiger partial charge in [-0.05, 0) is 23.8 Å². The normalized spacial score (nSPS) is 14.2. The quantitative estimate of drug-likeness (QED) is 0.741. The summed E-state index contributed by atoms with van der Waals surface area (Å²) in [6.07, 6.45) is 0. The number of nitrogens with two attached hydrogens (primary N) is 1. The Hall–Kier alpha value is -2.99. The average Bonchev–Trinajstić information content (AvgIpc) is 2.81. The Morgan fingerprint density at radius 2 is 1.68 bits per heavy atom. The number of amides is 3. The van der Waals surface area contributed by atoms with Crippen LogP contribution in [0.1, 0.15) is 32.3 Å². The van der Waals surface area contributed by atoms with E-state index in [1.807, 2.05) is 6.07 Å². The summed E-state index contributed by atoms with van der Waals surface area (Å²) in [4.78, 5) is 35.2. The lowest BCUT2D eigenvalue weighted by Gasteiger charge is -2.12. The van der Waals surface area contributed by atoms with Gasteiger partial charge in [0.15, 0.2) is 0 Å². The van der Waals surface area contributed by atoms with Crippen LogP contribution >= 0.6 is 0 Å². The summed E-state index contributed by atoms with van der Waals surface area (Å²) >= 11 is 0. The van der Waals surface area contributed by atoms with Crippen LogP contribution in [0.15, 0.2) is 48.5 Å². The number of hydrogen-bond donors (Lipinski definition) is 3. The molecule has 2 aromatic rings. The zero-order valence-corrected chi connectivity index (χ0v) is 11.5. The average molecular weight is 295 g/mol. The minimum Gasteiger partial charge on any atom is -0.324 e. The van der Waals surface area contributed by atoms with Crippen molar-refractivity contribution in [2.75, 3.05) is 5.32 Å². The fourth-order valence-electron chi connectivity index (χ4n) is 2.28. The van der Waals surface area contributed by atoms with E-state index >= 15 is 0 Å². The lowest BCUT2D eigenvalue weighted by atomic mass is 10.1. The first-order valence-electron chi connectivity index (χ1n) is 6.67. The Morgan fingerprint density at radius 3 is 2.41 bits per heavy atom. The van der Waals surface area contributed by atoms with Gasteiger partial charge in [0.1, 0.15) is 6.04 Å². The molecule has 0 fully saturated rings. The molecular weight excluding hydrogens is 282 g/mol. The predicted octanol–water partition coefficient (Wildman–Crippen LogP) is 1.21. The molecule has 6 heteroatoms. The van der Waals surface area contributed by atoms with Crippen LogP contribution in [0.5, 0.6) is 0 Å². The molecule has 0 saturated carbocycles. The molecule has 0 aromatic heterocycles. The van der Waals surface area contributed by atoms with Crippen LogP contribution in [0.2, 0.25) is 0 Å². The molecule has 0 saturated heterocycles. The van der Waals surface area contributed by atoms with Crippen LogP contribution < -0.4 is 16.4 Å². The molecule has 1 aliphatic heterocycles. The Balaban J connectivity index is 1.79. The third-order valence-electron chi connectivity index (χ3n) is 3.44. The third kappa shape index (κ3) is 2.47. The molecule has 1 heterocycles. The number of nitrogens with one attached hydrogen (secondary N) is 2. The minimum absolute atomic E-state index is 0.246. The fourth-order valence-corrected chi connectivity index (χ4v) is 2.28. The fraction of sp³-hybridized carbons (Fsp3) is 0.0625.